The first-order valence-corrected chi connectivity index (χ1v) is 8.03. The lowest BCUT2D eigenvalue weighted by molar-refractivity contribution is 0.0949. The van der Waals surface area contributed by atoms with Gasteiger partial charge in [0.15, 0.2) is 5.82 Å². The third kappa shape index (κ3) is 2.47. The molecular formula is C17H18N6O. The highest BCUT2D eigenvalue weighted by Gasteiger charge is 2.20. The summed E-state index contributed by atoms with van der Waals surface area (Å²) in [6, 6.07) is 5.59. The topological polar surface area (TPSA) is 88.5 Å². The van der Waals surface area contributed by atoms with E-state index in [0.29, 0.717) is 17.9 Å². The van der Waals surface area contributed by atoms with Gasteiger partial charge in [0.2, 0.25) is 0 Å². The number of fused-ring (bicyclic) bond motifs is 1. The van der Waals surface area contributed by atoms with Gasteiger partial charge < -0.3 is 5.32 Å². The molecule has 3 heterocycles. The van der Waals surface area contributed by atoms with Crippen LogP contribution in [0.3, 0.4) is 0 Å². The molecule has 0 aromatic carbocycles. The number of amides is 1. The number of hydrogen-bond acceptors (Lipinski definition) is 4. The monoisotopic (exact) mass is 322 g/mol. The average molecular weight is 322 g/mol. The van der Waals surface area contributed by atoms with Crippen LogP contribution in [0.2, 0.25) is 0 Å². The standard InChI is InChI=1S/C17H18N6O/c1-11-13(9-20-23(11)16-7-2-3-8-18-16)17(24)19-10-15-12-5-4-6-14(12)21-22-15/h2-3,7-9H,4-6,10H2,1H3,(H,19,24)(H,21,22). The molecule has 7 nitrogen and oxygen atoms in total. The number of carbonyl (C=O) groups excluding carboxylic acids is 1. The maximum Gasteiger partial charge on any atom is 0.255 e. The molecular weight excluding hydrogens is 304 g/mol. The van der Waals surface area contributed by atoms with E-state index in [9.17, 15) is 4.79 Å². The number of carbonyl (C=O) groups is 1. The molecule has 0 unspecified atom stereocenters. The van der Waals surface area contributed by atoms with Crippen molar-refractivity contribution in [2.75, 3.05) is 0 Å². The normalized spacial score (nSPS) is 13.0. The molecule has 7 heteroatoms. The third-order valence-electron chi connectivity index (χ3n) is 4.43. The Balaban J connectivity index is 1.50. The van der Waals surface area contributed by atoms with Gasteiger partial charge in [-0.15, -0.1) is 0 Å². The van der Waals surface area contributed by atoms with Crippen molar-refractivity contribution in [3.63, 3.8) is 0 Å². The van der Waals surface area contributed by atoms with E-state index in [1.807, 2.05) is 25.1 Å². The van der Waals surface area contributed by atoms with Crippen LogP contribution >= 0.6 is 0 Å². The molecule has 0 spiro atoms. The zero-order valence-electron chi connectivity index (χ0n) is 13.4. The maximum absolute atomic E-state index is 12.5. The Morgan fingerprint density at radius 2 is 2.29 bits per heavy atom. The van der Waals surface area contributed by atoms with E-state index in [1.165, 1.54) is 11.3 Å². The molecule has 0 bridgehead atoms. The molecule has 0 aliphatic heterocycles. The quantitative estimate of drug-likeness (QED) is 0.765. The third-order valence-corrected chi connectivity index (χ3v) is 4.43. The van der Waals surface area contributed by atoms with Gasteiger partial charge >= 0.3 is 0 Å². The van der Waals surface area contributed by atoms with E-state index >= 15 is 0 Å². The summed E-state index contributed by atoms with van der Waals surface area (Å²) in [4.78, 5) is 16.7. The zero-order chi connectivity index (χ0) is 16.5. The number of rotatable bonds is 4. The SMILES string of the molecule is Cc1c(C(=O)NCc2n[nH]c3c2CCC3)cnn1-c1ccccn1. The van der Waals surface area contributed by atoms with E-state index in [2.05, 4.69) is 25.6 Å². The predicted octanol–water partition coefficient (Wildman–Crippen LogP) is 1.72. The number of H-pyrrole nitrogens is 1. The van der Waals surface area contributed by atoms with Crippen molar-refractivity contribution in [2.24, 2.45) is 0 Å². The Hall–Kier alpha value is -2.96. The molecule has 4 rings (SSSR count). The molecule has 3 aromatic rings. The summed E-state index contributed by atoms with van der Waals surface area (Å²) in [7, 11) is 0. The Morgan fingerprint density at radius 3 is 3.12 bits per heavy atom. The van der Waals surface area contributed by atoms with Crippen LogP contribution < -0.4 is 5.32 Å². The number of aromatic nitrogens is 5. The summed E-state index contributed by atoms with van der Waals surface area (Å²) in [6.07, 6.45) is 6.52. The lowest BCUT2D eigenvalue weighted by Crippen LogP contribution is -2.24. The molecule has 122 valence electrons. The van der Waals surface area contributed by atoms with Crippen molar-refractivity contribution in [1.29, 1.82) is 0 Å². The fraction of sp³-hybridized carbons (Fsp3) is 0.294. The minimum Gasteiger partial charge on any atom is -0.346 e. The number of aromatic amines is 1. The van der Waals surface area contributed by atoms with Gasteiger partial charge in [-0.2, -0.15) is 10.2 Å². The molecule has 0 saturated carbocycles. The van der Waals surface area contributed by atoms with Crippen molar-refractivity contribution in [1.82, 2.24) is 30.3 Å². The van der Waals surface area contributed by atoms with Crippen LogP contribution in [0.25, 0.3) is 5.82 Å². The first-order valence-electron chi connectivity index (χ1n) is 8.03. The molecule has 1 aliphatic rings. The summed E-state index contributed by atoms with van der Waals surface area (Å²) in [5, 5.41) is 14.6. The van der Waals surface area contributed by atoms with Gasteiger partial charge in [0.25, 0.3) is 5.91 Å². The van der Waals surface area contributed by atoms with Gasteiger partial charge in [-0.1, -0.05) is 6.07 Å². The van der Waals surface area contributed by atoms with Gasteiger partial charge in [-0.25, -0.2) is 9.67 Å². The molecule has 1 aliphatic carbocycles. The second-order valence-corrected chi connectivity index (χ2v) is 5.91. The lowest BCUT2D eigenvalue weighted by Gasteiger charge is -2.05. The van der Waals surface area contributed by atoms with Crippen molar-refractivity contribution in [2.45, 2.75) is 32.7 Å². The fourth-order valence-electron chi connectivity index (χ4n) is 3.14. The molecule has 1 amide bonds. The van der Waals surface area contributed by atoms with Gasteiger partial charge in [-0.05, 0) is 43.9 Å². The van der Waals surface area contributed by atoms with Crippen LogP contribution in [-0.4, -0.2) is 30.9 Å². The molecule has 0 fully saturated rings. The summed E-state index contributed by atoms with van der Waals surface area (Å²) >= 11 is 0. The summed E-state index contributed by atoms with van der Waals surface area (Å²) < 4.78 is 1.67. The maximum atomic E-state index is 12.5. The predicted molar refractivity (Wildman–Crippen MR) is 87.9 cm³/mol. The molecule has 3 aromatic heterocycles. The van der Waals surface area contributed by atoms with Crippen LogP contribution in [0.15, 0.2) is 30.6 Å². The molecule has 24 heavy (non-hydrogen) atoms. The molecule has 0 radical (unpaired) electrons. The number of nitrogens with zero attached hydrogens (tertiary/aromatic N) is 4. The molecule has 0 saturated heterocycles. The summed E-state index contributed by atoms with van der Waals surface area (Å²) in [5.74, 6) is 0.545. The average Bonchev–Trinajstić information content (AvgIpc) is 3.29. The number of nitrogens with one attached hydrogen (secondary N) is 2. The van der Waals surface area contributed by atoms with Crippen LogP contribution in [-0.2, 0) is 19.4 Å². The van der Waals surface area contributed by atoms with E-state index in [-0.39, 0.29) is 5.91 Å². The number of hydrogen-bond donors (Lipinski definition) is 2. The largest absolute Gasteiger partial charge is 0.346 e. The van der Waals surface area contributed by atoms with Crippen molar-refractivity contribution >= 4 is 5.91 Å². The zero-order valence-corrected chi connectivity index (χ0v) is 13.4. The lowest BCUT2D eigenvalue weighted by atomic mass is 10.2. The van der Waals surface area contributed by atoms with Crippen molar-refractivity contribution < 1.29 is 4.79 Å². The van der Waals surface area contributed by atoms with Crippen LogP contribution in [0.4, 0.5) is 0 Å². The van der Waals surface area contributed by atoms with E-state index in [1.54, 1.807) is 17.1 Å². The molecule has 0 atom stereocenters. The minimum atomic E-state index is -0.149. The Morgan fingerprint density at radius 1 is 1.38 bits per heavy atom. The fourth-order valence-corrected chi connectivity index (χ4v) is 3.14. The molecule has 2 N–H and O–H groups in total. The minimum absolute atomic E-state index is 0.149. The number of pyridine rings is 1. The second-order valence-electron chi connectivity index (χ2n) is 5.91. The highest BCUT2D eigenvalue weighted by atomic mass is 16.1. The first-order chi connectivity index (χ1) is 11.7. The van der Waals surface area contributed by atoms with Gasteiger partial charge in [0, 0.05) is 11.9 Å². The Bertz CT molecular complexity index is 880. The van der Waals surface area contributed by atoms with Gasteiger partial charge in [0.05, 0.1) is 29.7 Å². The van der Waals surface area contributed by atoms with Crippen molar-refractivity contribution in [3.05, 3.63) is 58.8 Å². The van der Waals surface area contributed by atoms with Gasteiger partial charge in [0.1, 0.15) is 0 Å². The van der Waals surface area contributed by atoms with Gasteiger partial charge in [-0.3, -0.25) is 9.89 Å². The highest BCUT2D eigenvalue weighted by Crippen LogP contribution is 2.22. The first kappa shape index (κ1) is 14.6. The van der Waals surface area contributed by atoms with Crippen LogP contribution in [0.1, 0.15) is 39.4 Å². The van der Waals surface area contributed by atoms with Crippen LogP contribution in [0.5, 0.6) is 0 Å². The van der Waals surface area contributed by atoms with Crippen LogP contribution in [0, 0.1) is 6.92 Å². The van der Waals surface area contributed by atoms with E-state index in [4.69, 9.17) is 0 Å². The van der Waals surface area contributed by atoms with E-state index < -0.39 is 0 Å². The van der Waals surface area contributed by atoms with E-state index in [0.717, 1.165) is 30.7 Å². The Labute approximate surface area is 139 Å². The number of aryl methyl sites for hydroxylation is 1. The smallest absolute Gasteiger partial charge is 0.255 e. The second kappa shape index (κ2) is 5.92. The van der Waals surface area contributed by atoms with Crippen molar-refractivity contribution in [3.8, 4) is 5.82 Å². The summed E-state index contributed by atoms with van der Waals surface area (Å²) in [5.41, 5.74) is 4.71. The Kier molecular flexibility index (Phi) is 3.60. The highest BCUT2D eigenvalue weighted by molar-refractivity contribution is 5.95. The summed E-state index contributed by atoms with van der Waals surface area (Å²) in [6.45, 7) is 2.29.